The van der Waals surface area contributed by atoms with E-state index in [1.807, 2.05) is 27.8 Å². The van der Waals surface area contributed by atoms with Crippen LogP contribution in [0.1, 0.15) is 42.2 Å². The monoisotopic (exact) mass is 617 g/mol. The molecule has 7 rings (SSSR count). The summed E-state index contributed by atoms with van der Waals surface area (Å²) in [6, 6.07) is 7.09. The third kappa shape index (κ3) is 5.10. The molecular weight excluding hydrogens is 587 g/mol. The van der Waals surface area contributed by atoms with Crippen LogP contribution < -0.4 is 15.6 Å². The zero-order valence-electron chi connectivity index (χ0n) is 23.9. The molecule has 222 valence electrons. The SMILES string of the molecule is CN(C)C(=O)c1cc2cnc(Nc3ccc(-c4csc5c(=O)cc(N6CCSCC6)oc45)nc3O)nc2n1C1CCCC1. The minimum Gasteiger partial charge on any atom is -0.492 e. The molecule has 5 aromatic rings. The number of pyridine rings is 1. The van der Waals surface area contributed by atoms with Gasteiger partial charge in [-0.3, -0.25) is 9.59 Å². The first-order chi connectivity index (χ1) is 20.9. The Bertz CT molecular complexity index is 1900. The van der Waals surface area contributed by atoms with Crippen molar-refractivity contribution in [3.8, 4) is 17.1 Å². The molecule has 0 unspecified atom stereocenters. The van der Waals surface area contributed by atoms with Gasteiger partial charge in [0.2, 0.25) is 17.3 Å². The van der Waals surface area contributed by atoms with E-state index in [4.69, 9.17) is 9.40 Å². The fourth-order valence-corrected chi connectivity index (χ4v) is 7.66. The highest BCUT2D eigenvalue weighted by molar-refractivity contribution is 7.99. The van der Waals surface area contributed by atoms with Gasteiger partial charge in [0.05, 0.1) is 11.3 Å². The summed E-state index contributed by atoms with van der Waals surface area (Å²) in [5, 5.41) is 16.6. The summed E-state index contributed by atoms with van der Waals surface area (Å²) in [5.41, 5.74) is 3.14. The van der Waals surface area contributed by atoms with Gasteiger partial charge in [0, 0.05) is 67.8 Å². The second kappa shape index (κ2) is 11.2. The molecule has 2 fully saturated rings. The van der Waals surface area contributed by atoms with Gasteiger partial charge in [0.15, 0.2) is 11.5 Å². The van der Waals surface area contributed by atoms with Crippen LogP contribution in [0.5, 0.6) is 5.88 Å². The third-order valence-electron chi connectivity index (χ3n) is 8.04. The largest absolute Gasteiger partial charge is 0.492 e. The summed E-state index contributed by atoms with van der Waals surface area (Å²) in [4.78, 5) is 43.2. The summed E-state index contributed by atoms with van der Waals surface area (Å²) < 4.78 is 8.81. The lowest BCUT2D eigenvalue weighted by Crippen LogP contribution is -2.32. The van der Waals surface area contributed by atoms with Crippen molar-refractivity contribution in [2.24, 2.45) is 0 Å². The fourth-order valence-electron chi connectivity index (χ4n) is 5.86. The van der Waals surface area contributed by atoms with Crippen LogP contribution in [0.2, 0.25) is 0 Å². The molecule has 1 aliphatic carbocycles. The molecule has 0 spiro atoms. The van der Waals surface area contributed by atoms with Crippen LogP contribution in [0, 0.1) is 0 Å². The Balaban J connectivity index is 1.21. The standard InChI is InChI=1S/C30H31N7O4S2/c1-35(2)29(40)22-13-17-15-31-30(34-27(17)37(22)18-5-3-4-6-18)33-21-8-7-20(32-28(21)39)19-16-43-26-23(38)14-24(41-25(19)26)36-9-11-42-12-10-36/h7-8,13-16,18H,3-6,9-12H2,1-2H3,(H,32,39)(H,31,33,34). The van der Waals surface area contributed by atoms with Crippen molar-refractivity contribution >= 4 is 67.8 Å². The molecule has 1 saturated carbocycles. The van der Waals surface area contributed by atoms with E-state index in [2.05, 4.69) is 20.2 Å². The van der Waals surface area contributed by atoms with Crippen molar-refractivity contribution < 1.29 is 14.3 Å². The van der Waals surface area contributed by atoms with Crippen LogP contribution >= 0.6 is 23.1 Å². The molecule has 0 aromatic carbocycles. The van der Waals surface area contributed by atoms with Gasteiger partial charge >= 0.3 is 0 Å². The second-order valence-corrected chi connectivity index (χ2v) is 13.2. The van der Waals surface area contributed by atoms with Crippen LogP contribution in [0.3, 0.4) is 0 Å². The smallest absolute Gasteiger partial charge is 0.270 e. The number of amides is 1. The molecule has 43 heavy (non-hydrogen) atoms. The lowest BCUT2D eigenvalue weighted by atomic mass is 10.2. The molecule has 2 N–H and O–H groups in total. The number of aromatic nitrogens is 4. The minimum atomic E-state index is -0.234. The predicted octanol–water partition coefficient (Wildman–Crippen LogP) is 5.48. The molecule has 0 bridgehead atoms. The number of hydrogen-bond donors (Lipinski definition) is 2. The lowest BCUT2D eigenvalue weighted by molar-refractivity contribution is 0.0815. The number of carbonyl (C=O) groups excluding carboxylic acids is 1. The maximum Gasteiger partial charge on any atom is 0.270 e. The predicted molar refractivity (Wildman–Crippen MR) is 171 cm³/mol. The van der Waals surface area contributed by atoms with E-state index in [1.165, 1.54) is 11.3 Å². The van der Waals surface area contributed by atoms with Crippen molar-refractivity contribution in [3.63, 3.8) is 0 Å². The van der Waals surface area contributed by atoms with Gasteiger partial charge in [0.25, 0.3) is 5.91 Å². The minimum absolute atomic E-state index is 0.0734. The van der Waals surface area contributed by atoms with Gasteiger partial charge < -0.3 is 29.2 Å². The number of thiophene rings is 1. The number of carbonyl (C=O) groups is 1. The van der Waals surface area contributed by atoms with Gasteiger partial charge in [-0.15, -0.1) is 11.3 Å². The summed E-state index contributed by atoms with van der Waals surface area (Å²) in [5.74, 6) is 2.51. The van der Waals surface area contributed by atoms with E-state index >= 15 is 0 Å². The number of nitrogens with one attached hydrogen (secondary N) is 1. The number of thioether (sulfide) groups is 1. The Morgan fingerprint density at radius 1 is 1.14 bits per heavy atom. The van der Waals surface area contributed by atoms with Crippen LogP contribution in [0.25, 0.3) is 32.6 Å². The maximum absolute atomic E-state index is 13.0. The molecule has 5 aromatic heterocycles. The summed E-state index contributed by atoms with van der Waals surface area (Å²) in [6.07, 6.45) is 5.91. The number of fused-ring (bicyclic) bond motifs is 2. The Hall–Kier alpha value is -4.10. The molecule has 11 nitrogen and oxygen atoms in total. The molecule has 6 heterocycles. The van der Waals surface area contributed by atoms with Crippen LogP contribution in [-0.4, -0.2) is 74.1 Å². The van der Waals surface area contributed by atoms with Gasteiger partial charge in [-0.1, -0.05) is 12.8 Å². The molecule has 13 heteroatoms. The molecule has 0 atom stereocenters. The van der Waals surface area contributed by atoms with Gasteiger partial charge in [0.1, 0.15) is 21.7 Å². The van der Waals surface area contributed by atoms with Crippen LogP contribution in [-0.2, 0) is 0 Å². The summed E-state index contributed by atoms with van der Waals surface area (Å²) in [7, 11) is 3.49. The topological polar surface area (TPSA) is 130 Å². The van der Waals surface area contributed by atoms with Crippen molar-refractivity contribution in [1.29, 1.82) is 0 Å². The first kappa shape index (κ1) is 27.7. The molecule has 2 aliphatic rings. The fraction of sp³-hybridized carbons (Fsp3) is 0.367. The average molecular weight is 618 g/mol. The summed E-state index contributed by atoms with van der Waals surface area (Å²) >= 11 is 3.19. The Morgan fingerprint density at radius 2 is 1.93 bits per heavy atom. The highest BCUT2D eigenvalue weighted by Gasteiger charge is 2.27. The first-order valence-corrected chi connectivity index (χ1v) is 16.4. The van der Waals surface area contributed by atoms with E-state index in [0.29, 0.717) is 44.5 Å². The van der Waals surface area contributed by atoms with E-state index in [-0.39, 0.29) is 29.2 Å². The lowest BCUT2D eigenvalue weighted by Gasteiger charge is -2.26. The zero-order valence-corrected chi connectivity index (χ0v) is 25.5. The van der Waals surface area contributed by atoms with Gasteiger partial charge in [-0.05, 0) is 31.0 Å². The Kier molecular flexibility index (Phi) is 7.21. The van der Waals surface area contributed by atoms with Crippen molar-refractivity contribution in [3.05, 3.63) is 51.8 Å². The number of nitrogens with zero attached hydrogens (tertiary/aromatic N) is 6. The van der Waals surface area contributed by atoms with E-state index in [1.54, 1.807) is 43.4 Å². The van der Waals surface area contributed by atoms with Crippen molar-refractivity contribution in [1.82, 2.24) is 24.4 Å². The number of anilines is 3. The normalized spacial score (nSPS) is 15.9. The second-order valence-electron chi connectivity index (χ2n) is 11.1. The Labute approximate surface area is 255 Å². The molecule has 1 aliphatic heterocycles. The maximum atomic E-state index is 13.0. The zero-order chi connectivity index (χ0) is 29.7. The molecule has 0 radical (unpaired) electrons. The van der Waals surface area contributed by atoms with Gasteiger partial charge in [-0.25, -0.2) is 9.97 Å². The highest BCUT2D eigenvalue weighted by Crippen LogP contribution is 2.37. The number of rotatable bonds is 6. The summed E-state index contributed by atoms with van der Waals surface area (Å²) in [6.45, 7) is 1.65. The van der Waals surface area contributed by atoms with Crippen molar-refractivity contribution in [2.75, 3.05) is 48.9 Å². The Morgan fingerprint density at radius 3 is 2.67 bits per heavy atom. The van der Waals surface area contributed by atoms with E-state index < -0.39 is 0 Å². The van der Waals surface area contributed by atoms with Gasteiger partial charge in [-0.2, -0.15) is 16.7 Å². The van der Waals surface area contributed by atoms with Crippen LogP contribution in [0.4, 0.5) is 17.5 Å². The van der Waals surface area contributed by atoms with E-state index in [9.17, 15) is 14.7 Å². The quantitative estimate of drug-likeness (QED) is 0.253. The molecular formula is C30H31N7O4S2. The third-order valence-corrected chi connectivity index (χ3v) is 9.96. The molecule has 1 amide bonds. The first-order valence-electron chi connectivity index (χ1n) is 14.3. The average Bonchev–Trinajstić information content (AvgIpc) is 3.77. The number of aromatic hydroxyl groups is 1. The molecule has 1 saturated heterocycles. The number of hydrogen-bond acceptors (Lipinski definition) is 11. The van der Waals surface area contributed by atoms with E-state index in [0.717, 1.165) is 55.7 Å². The van der Waals surface area contributed by atoms with Crippen LogP contribution in [0.15, 0.2) is 45.1 Å². The van der Waals surface area contributed by atoms with Crippen molar-refractivity contribution in [2.45, 2.75) is 31.7 Å². The highest BCUT2D eigenvalue weighted by atomic mass is 32.2.